The number of hydrogen-bond acceptors (Lipinski definition) is 5. The molecule has 7 nitrogen and oxygen atoms in total. The van der Waals surface area contributed by atoms with Gasteiger partial charge in [0.05, 0.1) is 19.0 Å². The van der Waals surface area contributed by atoms with E-state index in [0.717, 1.165) is 11.1 Å². The highest BCUT2D eigenvalue weighted by molar-refractivity contribution is 7.90. The van der Waals surface area contributed by atoms with Crippen LogP contribution in [0.3, 0.4) is 0 Å². The molecule has 0 radical (unpaired) electrons. The standard InChI is InChI=1S/C25H33NO6S/c1-5-6-16-25(2,17-15-24(27)28)33(29,30)26(18-20-7-11-22(31-3)12-8-20)19-21-9-13-23(32-4)14-10-21/h5,7-14H,1,6,15-19H2,2-4H3,(H,27,28)/t25-/m1/s1. The van der Waals surface area contributed by atoms with E-state index < -0.39 is 20.7 Å². The lowest BCUT2D eigenvalue weighted by molar-refractivity contribution is -0.137. The molecule has 0 amide bonds. The van der Waals surface area contributed by atoms with Crippen LogP contribution in [0.4, 0.5) is 0 Å². The lowest BCUT2D eigenvalue weighted by Crippen LogP contribution is -2.46. The molecule has 0 bridgehead atoms. The fourth-order valence-corrected chi connectivity index (χ4v) is 5.57. The van der Waals surface area contributed by atoms with E-state index in [9.17, 15) is 18.3 Å². The van der Waals surface area contributed by atoms with Crippen LogP contribution in [0.15, 0.2) is 61.2 Å². The Hall–Kier alpha value is -2.84. The van der Waals surface area contributed by atoms with Gasteiger partial charge < -0.3 is 14.6 Å². The smallest absolute Gasteiger partial charge is 0.303 e. The van der Waals surface area contributed by atoms with Crippen LogP contribution >= 0.6 is 0 Å². The van der Waals surface area contributed by atoms with Gasteiger partial charge in [-0.3, -0.25) is 4.79 Å². The first kappa shape index (κ1) is 26.4. The second-order valence-electron chi connectivity index (χ2n) is 8.14. The Morgan fingerprint density at radius 1 is 0.970 bits per heavy atom. The number of rotatable bonds is 14. The lowest BCUT2D eigenvalue weighted by Gasteiger charge is -2.35. The van der Waals surface area contributed by atoms with Crippen LogP contribution in [-0.4, -0.2) is 42.8 Å². The van der Waals surface area contributed by atoms with Gasteiger partial charge in [0.25, 0.3) is 0 Å². The minimum Gasteiger partial charge on any atom is -0.497 e. The number of aliphatic carboxylic acids is 1. The molecule has 0 aliphatic rings. The monoisotopic (exact) mass is 475 g/mol. The fraction of sp³-hybridized carbons (Fsp3) is 0.400. The van der Waals surface area contributed by atoms with Gasteiger partial charge in [-0.05, 0) is 61.6 Å². The zero-order valence-electron chi connectivity index (χ0n) is 19.5. The third kappa shape index (κ3) is 7.07. The summed E-state index contributed by atoms with van der Waals surface area (Å²) in [5, 5.41) is 9.22. The molecule has 0 aliphatic carbocycles. The molecule has 33 heavy (non-hydrogen) atoms. The van der Waals surface area contributed by atoms with Crippen molar-refractivity contribution < 1.29 is 27.8 Å². The predicted octanol–water partition coefficient (Wildman–Crippen LogP) is 4.63. The van der Waals surface area contributed by atoms with Gasteiger partial charge in [-0.1, -0.05) is 30.3 Å². The normalized spacial score (nSPS) is 13.3. The minimum absolute atomic E-state index is 0.0141. The first-order chi connectivity index (χ1) is 15.6. The summed E-state index contributed by atoms with van der Waals surface area (Å²) in [6.07, 6.45) is 2.19. The van der Waals surface area contributed by atoms with Crippen molar-refractivity contribution in [1.82, 2.24) is 4.31 Å². The predicted molar refractivity (Wildman–Crippen MR) is 129 cm³/mol. The number of hydrogen-bond donors (Lipinski definition) is 1. The molecule has 0 unspecified atom stereocenters. The van der Waals surface area contributed by atoms with E-state index in [0.29, 0.717) is 17.9 Å². The number of benzene rings is 2. The van der Waals surface area contributed by atoms with Crippen LogP contribution in [0.2, 0.25) is 0 Å². The van der Waals surface area contributed by atoms with Crippen molar-refractivity contribution in [2.24, 2.45) is 0 Å². The van der Waals surface area contributed by atoms with Crippen molar-refractivity contribution >= 4 is 16.0 Å². The van der Waals surface area contributed by atoms with Gasteiger partial charge in [-0.15, -0.1) is 6.58 Å². The van der Waals surface area contributed by atoms with Crippen LogP contribution in [0, 0.1) is 0 Å². The van der Waals surface area contributed by atoms with Gasteiger partial charge in [0, 0.05) is 19.5 Å². The van der Waals surface area contributed by atoms with Crippen molar-refractivity contribution in [3.63, 3.8) is 0 Å². The highest BCUT2D eigenvalue weighted by Gasteiger charge is 2.42. The Morgan fingerprint density at radius 3 is 1.79 bits per heavy atom. The fourth-order valence-electron chi connectivity index (χ4n) is 3.57. The third-order valence-corrected chi connectivity index (χ3v) is 8.34. The van der Waals surface area contributed by atoms with Gasteiger partial charge in [-0.2, -0.15) is 4.31 Å². The molecule has 0 spiro atoms. The Bertz CT molecular complexity index is 968. The summed E-state index contributed by atoms with van der Waals surface area (Å²) >= 11 is 0. The maximum absolute atomic E-state index is 14.0. The SMILES string of the molecule is C=CCC[C@](C)(CCC(=O)O)S(=O)(=O)N(Cc1ccc(OC)cc1)Cc1ccc(OC)cc1. The summed E-state index contributed by atoms with van der Waals surface area (Å²) in [6.45, 7) is 5.63. The molecule has 0 fully saturated rings. The highest BCUT2D eigenvalue weighted by Crippen LogP contribution is 2.34. The van der Waals surface area contributed by atoms with Crippen molar-refractivity contribution in [2.45, 2.75) is 50.4 Å². The van der Waals surface area contributed by atoms with E-state index in [-0.39, 0.29) is 32.4 Å². The number of sulfonamides is 1. The van der Waals surface area contributed by atoms with Crippen molar-refractivity contribution in [2.75, 3.05) is 14.2 Å². The van der Waals surface area contributed by atoms with Crippen molar-refractivity contribution in [3.8, 4) is 11.5 Å². The van der Waals surface area contributed by atoms with Gasteiger partial charge in [0.15, 0.2) is 0 Å². The molecule has 2 rings (SSSR count). The number of methoxy groups -OCH3 is 2. The van der Waals surface area contributed by atoms with Crippen LogP contribution in [0.5, 0.6) is 11.5 Å². The van der Waals surface area contributed by atoms with Gasteiger partial charge in [0.2, 0.25) is 10.0 Å². The topological polar surface area (TPSA) is 93.1 Å². The highest BCUT2D eigenvalue weighted by atomic mass is 32.2. The largest absolute Gasteiger partial charge is 0.497 e. The molecule has 2 aromatic rings. The Balaban J connectivity index is 2.45. The summed E-state index contributed by atoms with van der Waals surface area (Å²) in [5.74, 6) is 0.341. The maximum atomic E-state index is 14.0. The first-order valence-corrected chi connectivity index (χ1v) is 12.2. The molecule has 0 saturated carbocycles. The van der Waals surface area contributed by atoms with Crippen LogP contribution in [0.1, 0.15) is 43.7 Å². The first-order valence-electron chi connectivity index (χ1n) is 10.7. The van der Waals surface area contributed by atoms with E-state index in [4.69, 9.17) is 9.47 Å². The molecule has 1 atom stereocenters. The van der Waals surface area contributed by atoms with Gasteiger partial charge >= 0.3 is 5.97 Å². The van der Waals surface area contributed by atoms with Crippen LogP contribution in [0.25, 0.3) is 0 Å². The van der Waals surface area contributed by atoms with E-state index in [1.54, 1.807) is 51.5 Å². The zero-order chi connectivity index (χ0) is 24.5. The third-order valence-electron chi connectivity index (χ3n) is 5.74. The number of carboxylic acids is 1. The van der Waals surface area contributed by atoms with Crippen molar-refractivity contribution in [3.05, 3.63) is 72.3 Å². The van der Waals surface area contributed by atoms with Gasteiger partial charge in [-0.25, -0.2) is 8.42 Å². The molecule has 8 heteroatoms. The summed E-state index contributed by atoms with van der Waals surface area (Å²) in [6, 6.07) is 14.5. The minimum atomic E-state index is -3.90. The Morgan fingerprint density at radius 2 is 1.42 bits per heavy atom. The van der Waals surface area contributed by atoms with Crippen LogP contribution < -0.4 is 9.47 Å². The molecule has 1 N–H and O–H groups in total. The number of carboxylic acid groups (broad SMARTS) is 1. The summed E-state index contributed by atoms with van der Waals surface area (Å²) in [5.41, 5.74) is 1.61. The quantitative estimate of drug-likeness (QED) is 0.401. The molecular formula is C25H33NO6S. The second-order valence-corrected chi connectivity index (χ2v) is 10.6. The Labute approximate surface area is 196 Å². The average molecular weight is 476 g/mol. The van der Waals surface area contributed by atoms with Gasteiger partial charge in [0.1, 0.15) is 11.5 Å². The maximum Gasteiger partial charge on any atom is 0.303 e. The Kier molecular flexibility index (Phi) is 9.49. The zero-order valence-corrected chi connectivity index (χ0v) is 20.3. The van der Waals surface area contributed by atoms with E-state index in [1.807, 2.05) is 24.3 Å². The summed E-state index contributed by atoms with van der Waals surface area (Å²) in [4.78, 5) is 11.3. The molecule has 0 aromatic heterocycles. The number of ether oxygens (including phenoxy) is 2. The average Bonchev–Trinajstić information content (AvgIpc) is 2.81. The molecule has 0 saturated heterocycles. The molecule has 0 heterocycles. The van der Waals surface area contributed by atoms with E-state index in [1.165, 1.54) is 4.31 Å². The van der Waals surface area contributed by atoms with Crippen LogP contribution in [-0.2, 0) is 27.9 Å². The number of allylic oxidation sites excluding steroid dienone is 1. The number of nitrogens with zero attached hydrogens (tertiary/aromatic N) is 1. The number of carbonyl (C=O) groups is 1. The van der Waals surface area contributed by atoms with E-state index >= 15 is 0 Å². The molecule has 2 aromatic carbocycles. The summed E-state index contributed by atoms with van der Waals surface area (Å²) < 4.78 is 38.5. The van der Waals surface area contributed by atoms with Crippen molar-refractivity contribution in [1.29, 1.82) is 0 Å². The molecular weight excluding hydrogens is 442 g/mol. The second kappa shape index (κ2) is 11.9. The summed E-state index contributed by atoms with van der Waals surface area (Å²) in [7, 11) is -0.754. The molecule has 0 aliphatic heterocycles. The van der Waals surface area contributed by atoms with E-state index in [2.05, 4.69) is 6.58 Å². The molecule has 180 valence electrons. The lowest BCUT2D eigenvalue weighted by atomic mass is 9.98.